The van der Waals surface area contributed by atoms with Crippen LogP contribution >= 0.6 is 0 Å². The number of halogens is 1. The zero-order chi connectivity index (χ0) is 11.5. The molecule has 16 heavy (non-hydrogen) atoms. The number of aryl methyl sites for hydroxylation is 1. The molecule has 1 aliphatic rings. The second-order valence-corrected chi connectivity index (χ2v) is 4.57. The summed E-state index contributed by atoms with van der Waals surface area (Å²) in [5.41, 5.74) is 1.55. The van der Waals surface area contributed by atoms with E-state index in [1.165, 1.54) is 0 Å². The fourth-order valence-electron chi connectivity index (χ4n) is 2.17. The molecule has 1 heterocycles. The summed E-state index contributed by atoms with van der Waals surface area (Å²) in [6.45, 7) is 7.70. The van der Waals surface area contributed by atoms with Crippen LogP contribution in [0.4, 0.5) is 4.39 Å². The van der Waals surface area contributed by atoms with E-state index >= 15 is 0 Å². The number of benzene rings is 1. The lowest BCUT2D eigenvalue weighted by molar-refractivity contribution is 0.163. The predicted molar refractivity (Wildman–Crippen MR) is 63.9 cm³/mol. The van der Waals surface area contributed by atoms with Gasteiger partial charge in [0.25, 0.3) is 0 Å². The van der Waals surface area contributed by atoms with Gasteiger partial charge >= 0.3 is 0 Å². The minimum atomic E-state index is -0.0479. The molecule has 0 radical (unpaired) electrons. The van der Waals surface area contributed by atoms with Gasteiger partial charge in [-0.1, -0.05) is 18.2 Å². The highest BCUT2D eigenvalue weighted by Crippen LogP contribution is 2.16. The van der Waals surface area contributed by atoms with Crippen molar-refractivity contribution in [3.63, 3.8) is 0 Å². The predicted octanol–water partition coefficient (Wildman–Crippen LogP) is 1.93. The topological polar surface area (TPSA) is 15.3 Å². The van der Waals surface area contributed by atoms with Crippen LogP contribution in [0.15, 0.2) is 18.2 Å². The average molecular weight is 222 g/mol. The van der Waals surface area contributed by atoms with Gasteiger partial charge in [0.2, 0.25) is 0 Å². The number of rotatable bonds is 2. The molecule has 0 aromatic heterocycles. The van der Waals surface area contributed by atoms with Gasteiger partial charge in [0, 0.05) is 37.8 Å². The smallest absolute Gasteiger partial charge is 0.130 e. The molecule has 3 heteroatoms. The van der Waals surface area contributed by atoms with Crippen LogP contribution < -0.4 is 5.32 Å². The molecule has 1 N–H and O–H groups in total. The molecule has 1 aromatic rings. The average Bonchev–Trinajstić information content (AvgIpc) is 2.28. The molecule has 1 aromatic carbocycles. The van der Waals surface area contributed by atoms with Crippen molar-refractivity contribution in [2.24, 2.45) is 0 Å². The Morgan fingerprint density at radius 3 is 3.06 bits per heavy atom. The highest BCUT2D eigenvalue weighted by atomic mass is 19.1. The Kier molecular flexibility index (Phi) is 3.56. The molecule has 1 aliphatic heterocycles. The molecule has 1 atom stereocenters. The van der Waals surface area contributed by atoms with E-state index in [9.17, 15) is 4.39 Å². The first-order chi connectivity index (χ1) is 7.68. The molecule has 0 spiro atoms. The summed E-state index contributed by atoms with van der Waals surface area (Å²) in [6, 6.07) is 6.12. The van der Waals surface area contributed by atoms with Crippen LogP contribution in [0.5, 0.6) is 0 Å². The maximum Gasteiger partial charge on any atom is 0.130 e. The lowest BCUT2D eigenvalue weighted by Crippen LogP contribution is -2.49. The second-order valence-electron chi connectivity index (χ2n) is 4.57. The quantitative estimate of drug-likeness (QED) is 0.822. The summed E-state index contributed by atoms with van der Waals surface area (Å²) in [6.07, 6.45) is 0. The van der Waals surface area contributed by atoms with Crippen LogP contribution in [0.25, 0.3) is 0 Å². The van der Waals surface area contributed by atoms with E-state index in [1.807, 2.05) is 25.1 Å². The standard InChI is InChI=1S/C13H19FN2/c1-10-4-3-5-12(13(10)14)9-16-7-6-15-8-11(16)2/h3-5,11,15H,6-9H2,1-2H3/t11-/m1/s1. The van der Waals surface area contributed by atoms with E-state index in [-0.39, 0.29) is 5.82 Å². The Hall–Kier alpha value is -0.930. The molecule has 88 valence electrons. The molecular weight excluding hydrogens is 203 g/mol. The first kappa shape index (κ1) is 11.6. The van der Waals surface area contributed by atoms with Crippen molar-refractivity contribution in [2.45, 2.75) is 26.4 Å². The molecule has 0 aliphatic carbocycles. The minimum Gasteiger partial charge on any atom is -0.314 e. The molecule has 1 fully saturated rings. The number of piperazine rings is 1. The maximum absolute atomic E-state index is 13.8. The molecule has 0 unspecified atom stereocenters. The zero-order valence-corrected chi connectivity index (χ0v) is 9.96. The first-order valence-electron chi connectivity index (χ1n) is 5.87. The van der Waals surface area contributed by atoms with E-state index in [4.69, 9.17) is 0 Å². The molecular formula is C13H19FN2. The van der Waals surface area contributed by atoms with Crippen LogP contribution in [-0.2, 0) is 6.54 Å². The number of nitrogens with zero attached hydrogens (tertiary/aromatic N) is 1. The van der Waals surface area contributed by atoms with E-state index < -0.39 is 0 Å². The lowest BCUT2D eigenvalue weighted by atomic mass is 10.1. The van der Waals surface area contributed by atoms with Gasteiger partial charge in [-0.3, -0.25) is 4.90 Å². The summed E-state index contributed by atoms with van der Waals surface area (Å²) >= 11 is 0. The zero-order valence-electron chi connectivity index (χ0n) is 9.96. The van der Waals surface area contributed by atoms with Gasteiger partial charge in [-0.05, 0) is 19.4 Å². The molecule has 2 nitrogen and oxygen atoms in total. The Morgan fingerprint density at radius 2 is 2.31 bits per heavy atom. The second kappa shape index (κ2) is 4.93. The molecule has 1 saturated heterocycles. The van der Waals surface area contributed by atoms with Crippen LogP contribution in [0, 0.1) is 12.7 Å². The van der Waals surface area contributed by atoms with E-state index in [1.54, 1.807) is 0 Å². The van der Waals surface area contributed by atoms with Crippen molar-refractivity contribution < 1.29 is 4.39 Å². The Labute approximate surface area is 96.5 Å². The maximum atomic E-state index is 13.8. The van der Waals surface area contributed by atoms with Crippen molar-refractivity contribution in [3.8, 4) is 0 Å². The Balaban J connectivity index is 2.10. The van der Waals surface area contributed by atoms with Crippen molar-refractivity contribution in [2.75, 3.05) is 19.6 Å². The van der Waals surface area contributed by atoms with E-state index in [0.717, 1.165) is 37.3 Å². The highest BCUT2D eigenvalue weighted by molar-refractivity contribution is 5.24. The van der Waals surface area contributed by atoms with Crippen LogP contribution in [0.3, 0.4) is 0 Å². The van der Waals surface area contributed by atoms with Gasteiger partial charge in [0.15, 0.2) is 0 Å². The first-order valence-corrected chi connectivity index (χ1v) is 5.87. The fraction of sp³-hybridized carbons (Fsp3) is 0.538. The Bertz CT molecular complexity index is 365. The normalized spacial score (nSPS) is 22.3. The van der Waals surface area contributed by atoms with Crippen LogP contribution in [0.1, 0.15) is 18.1 Å². The van der Waals surface area contributed by atoms with Crippen molar-refractivity contribution in [1.82, 2.24) is 10.2 Å². The van der Waals surface area contributed by atoms with E-state index in [0.29, 0.717) is 6.04 Å². The number of nitrogens with one attached hydrogen (secondary N) is 1. The monoisotopic (exact) mass is 222 g/mol. The number of hydrogen-bond donors (Lipinski definition) is 1. The lowest BCUT2D eigenvalue weighted by Gasteiger charge is -2.34. The van der Waals surface area contributed by atoms with Gasteiger partial charge in [-0.25, -0.2) is 4.39 Å². The molecule has 0 bridgehead atoms. The van der Waals surface area contributed by atoms with Gasteiger partial charge in [-0.2, -0.15) is 0 Å². The van der Waals surface area contributed by atoms with Gasteiger partial charge in [0.05, 0.1) is 0 Å². The van der Waals surface area contributed by atoms with Crippen molar-refractivity contribution in [1.29, 1.82) is 0 Å². The molecule has 0 saturated carbocycles. The van der Waals surface area contributed by atoms with Crippen LogP contribution in [-0.4, -0.2) is 30.6 Å². The molecule has 0 amide bonds. The summed E-state index contributed by atoms with van der Waals surface area (Å²) in [5.74, 6) is -0.0479. The SMILES string of the molecule is Cc1cccc(CN2CCNC[C@H]2C)c1F. The van der Waals surface area contributed by atoms with Gasteiger partial charge < -0.3 is 5.32 Å². The summed E-state index contributed by atoms with van der Waals surface area (Å²) < 4.78 is 13.8. The van der Waals surface area contributed by atoms with E-state index in [2.05, 4.69) is 17.1 Å². The van der Waals surface area contributed by atoms with Crippen molar-refractivity contribution in [3.05, 3.63) is 35.1 Å². The third kappa shape index (κ3) is 2.42. The van der Waals surface area contributed by atoms with Gasteiger partial charge in [0.1, 0.15) is 5.82 Å². The minimum absolute atomic E-state index is 0.0479. The van der Waals surface area contributed by atoms with Crippen molar-refractivity contribution >= 4 is 0 Å². The third-order valence-corrected chi connectivity index (χ3v) is 3.28. The third-order valence-electron chi connectivity index (χ3n) is 3.28. The van der Waals surface area contributed by atoms with Gasteiger partial charge in [-0.15, -0.1) is 0 Å². The summed E-state index contributed by atoms with van der Waals surface area (Å²) in [7, 11) is 0. The summed E-state index contributed by atoms with van der Waals surface area (Å²) in [5, 5.41) is 3.34. The highest BCUT2D eigenvalue weighted by Gasteiger charge is 2.19. The molecule has 2 rings (SSSR count). The fourth-order valence-corrected chi connectivity index (χ4v) is 2.17. The van der Waals surface area contributed by atoms with Crippen LogP contribution in [0.2, 0.25) is 0 Å². The largest absolute Gasteiger partial charge is 0.314 e. The number of hydrogen-bond acceptors (Lipinski definition) is 2. The Morgan fingerprint density at radius 1 is 1.50 bits per heavy atom. The summed E-state index contributed by atoms with van der Waals surface area (Å²) in [4.78, 5) is 2.33.